The van der Waals surface area contributed by atoms with Gasteiger partial charge in [-0.05, 0) is 49.7 Å². The Hall–Kier alpha value is -1.42. The molecular formula is C17H22FNO2. The zero-order valence-electron chi connectivity index (χ0n) is 12.3. The summed E-state index contributed by atoms with van der Waals surface area (Å²) < 4.78 is 13.7. The summed E-state index contributed by atoms with van der Waals surface area (Å²) in [6.45, 7) is 3.25. The third-order valence-corrected chi connectivity index (χ3v) is 4.95. The van der Waals surface area contributed by atoms with Gasteiger partial charge in [0.25, 0.3) is 0 Å². The first-order valence-electron chi connectivity index (χ1n) is 7.79. The van der Waals surface area contributed by atoms with Crippen LogP contribution in [0.25, 0.3) is 0 Å². The molecule has 1 aromatic rings. The smallest absolute Gasteiger partial charge is 0.226 e. The maximum Gasteiger partial charge on any atom is 0.226 e. The van der Waals surface area contributed by atoms with Crippen LogP contribution < -0.4 is 0 Å². The van der Waals surface area contributed by atoms with Gasteiger partial charge in [0.2, 0.25) is 5.91 Å². The van der Waals surface area contributed by atoms with Gasteiger partial charge in [-0.3, -0.25) is 4.79 Å². The average molecular weight is 291 g/mol. The number of carbonyl (C=O) groups is 1. The van der Waals surface area contributed by atoms with Gasteiger partial charge in [0.05, 0.1) is 6.10 Å². The lowest BCUT2D eigenvalue weighted by Crippen LogP contribution is -2.41. The van der Waals surface area contributed by atoms with Crippen LogP contribution in [0.1, 0.15) is 37.7 Å². The summed E-state index contributed by atoms with van der Waals surface area (Å²) in [5.74, 6) is 0.256. The second-order valence-electron chi connectivity index (χ2n) is 6.37. The molecule has 1 N–H and O–H groups in total. The lowest BCUT2D eigenvalue weighted by molar-refractivity contribution is -0.134. The van der Waals surface area contributed by atoms with Crippen LogP contribution in [-0.4, -0.2) is 35.1 Å². The highest BCUT2D eigenvalue weighted by atomic mass is 19.1. The Morgan fingerprint density at radius 1 is 1.33 bits per heavy atom. The van der Waals surface area contributed by atoms with E-state index in [2.05, 4.69) is 0 Å². The summed E-state index contributed by atoms with van der Waals surface area (Å²) in [6.07, 6.45) is 2.19. The molecule has 3 nitrogen and oxygen atoms in total. The Balaban J connectivity index is 1.58. The maximum atomic E-state index is 13.7. The van der Waals surface area contributed by atoms with Gasteiger partial charge in [0.15, 0.2) is 0 Å². The van der Waals surface area contributed by atoms with Crippen LogP contribution in [-0.2, 0) is 4.79 Å². The van der Waals surface area contributed by atoms with E-state index in [9.17, 15) is 14.3 Å². The summed E-state index contributed by atoms with van der Waals surface area (Å²) in [6, 6.07) is 6.75. The number of rotatable bonds is 3. The fraction of sp³-hybridized carbons (Fsp3) is 0.588. The molecule has 1 aromatic carbocycles. The van der Waals surface area contributed by atoms with E-state index >= 15 is 0 Å². The van der Waals surface area contributed by atoms with Crippen LogP contribution in [0.4, 0.5) is 4.39 Å². The highest BCUT2D eigenvalue weighted by molar-refractivity contribution is 5.83. The molecule has 0 radical (unpaired) electrons. The SMILES string of the molecule is CC(O)C1CCN(C(=O)C2CC2c2ccccc2F)CC1. The van der Waals surface area contributed by atoms with Crippen LogP contribution in [0.2, 0.25) is 0 Å². The van der Waals surface area contributed by atoms with Gasteiger partial charge in [-0.1, -0.05) is 18.2 Å². The van der Waals surface area contributed by atoms with Gasteiger partial charge in [-0.2, -0.15) is 0 Å². The average Bonchev–Trinajstić information content (AvgIpc) is 3.27. The van der Waals surface area contributed by atoms with Crippen LogP contribution >= 0.6 is 0 Å². The van der Waals surface area contributed by atoms with Gasteiger partial charge < -0.3 is 10.0 Å². The number of hydrogen-bond donors (Lipinski definition) is 1. The minimum Gasteiger partial charge on any atom is -0.393 e. The number of piperidine rings is 1. The molecule has 114 valence electrons. The number of halogens is 1. The molecule has 3 rings (SSSR count). The minimum atomic E-state index is -0.297. The number of likely N-dealkylation sites (tertiary alicyclic amines) is 1. The topological polar surface area (TPSA) is 40.5 Å². The Bertz CT molecular complexity index is 523. The van der Waals surface area contributed by atoms with Crippen molar-refractivity contribution >= 4 is 5.91 Å². The Kier molecular flexibility index (Phi) is 3.98. The lowest BCUT2D eigenvalue weighted by atomic mass is 9.92. The monoisotopic (exact) mass is 291 g/mol. The number of hydrogen-bond acceptors (Lipinski definition) is 2. The molecule has 3 unspecified atom stereocenters. The molecule has 2 aliphatic rings. The van der Waals surface area contributed by atoms with Crippen LogP contribution in [0.15, 0.2) is 24.3 Å². The van der Waals surface area contributed by atoms with E-state index in [1.54, 1.807) is 12.1 Å². The van der Waals surface area contributed by atoms with Crippen molar-refractivity contribution in [2.45, 2.75) is 38.2 Å². The van der Waals surface area contributed by atoms with Crippen LogP contribution in [0.5, 0.6) is 0 Å². The summed E-state index contributed by atoms with van der Waals surface area (Å²) in [5.41, 5.74) is 0.676. The molecule has 1 aliphatic heterocycles. The lowest BCUT2D eigenvalue weighted by Gasteiger charge is -2.33. The van der Waals surface area contributed by atoms with Crippen molar-refractivity contribution in [3.8, 4) is 0 Å². The third kappa shape index (κ3) is 2.95. The van der Waals surface area contributed by atoms with Crippen molar-refractivity contribution in [3.63, 3.8) is 0 Å². The minimum absolute atomic E-state index is 0.0492. The first-order chi connectivity index (χ1) is 10.1. The zero-order valence-corrected chi connectivity index (χ0v) is 12.3. The predicted octanol–water partition coefficient (Wildman–Crippen LogP) is 2.55. The molecule has 3 atom stereocenters. The van der Waals surface area contributed by atoms with Crippen molar-refractivity contribution in [1.29, 1.82) is 0 Å². The fourth-order valence-corrected chi connectivity index (χ4v) is 3.42. The molecule has 0 spiro atoms. The van der Waals surface area contributed by atoms with E-state index in [4.69, 9.17) is 0 Å². The molecule has 1 saturated heterocycles. The van der Waals surface area contributed by atoms with Gasteiger partial charge in [-0.25, -0.2) is 4.39 Å². The standard InChI is InChI=1S/C17H22FNO2/c1-11(20)12-6-8-19(9-7-12)17(21)15-10-14(15)13-4-2-3-5-16(13)18/h2-5,11-12,14-15,20H,6-10H2,1H3. The van der Waals surface area contributed by atoms with E-state index in [0.717, 1.165) is 32.4 Å². The van der Waals surface area contributed by atoms with E-state index < -0.39 is 0 Å². The molecule has 4 heteroatoms. The zero-order chi connectivity index (χ0) is 15.0. The first kappa shape index (κ1) is 14.5. The summed E-state index contributed by atoms with van der Waals surface area (Å²) in [5, 5.41) is 9.60. The van der Waals surface area contributed by atoms with Gasteiger partial charge in [0.1, 0.15) is 5.82 Å². The quantitative estimate of drug-likeness (QED) is 0.929. The highest BCUT2D eigenvalue weighted by Gasteiger charge is 2.47. The fourth-order valence-electron chi connectivity index (χ4n) is 3.42. The summed E-state index contributed by atoms with van der Waals surface area (Å²) >= 11 is 0. The molecule has 1 heterocycles. The van der Waals surface area contributed by atoms with E-state index in [0.29, 0.717) is 11.5 Å². The maximum absolute atomic E-state index is 13.7. The van der Waals surface area contributed by atoms with Gasteiger partial charge in [0, 0.05) is 19.0 Å². The number of aliphatic hydroxyl groups excluding tert-OH is 1. The Morgan fingerprint density at radius 2 is 2.00 bits per heavy atom. The van der Waals surface area contributed by atoms with Crippen LogP contribution in [0, 0.1) is 17.7 Å². The predicted molar refractivity (Wildman–Crippen MR) is 78.2 cm³/mol. The number of nitrogens with zero attached hydrogens (tertiary/aromatic N) is 1. The second-order valence-corrected chi connectivity index (χ2v) is 6.37. The number of benzene rings is 1. The normalized spacial score (nSPS) is 27.5. The van der Waals surface area contributed by atoms with Crippen molar-refractivity contribution in [1.82, 2.24) is 4.90 Å². The Morgan fingerprint density at radius 3 is 2.62 bits per heavy atom. The number of carbonyl (C=O) groups excluding carboxylic acids is 1. The van der Waals surface area contributed by atoms with E-state index in [1.807, 2.05) is 17.9 Å². The third-order valence-electron chi connectivity index (χ3n) is 4.95. The molecular weight excluding hydrogens is 269 g/mol. The summed E-state index contributed by atoms with van der Waals surface area (Å²) in [4.78, 5) is 14.4. The highest BCUT2D eigenvalue weighted by Crippen LogP contribution is 2.49. The molecule has 21 heavy (non-hydrogen) atoms. The molecule has 1 amide bonds. The van der Waals surface area contributed by atoms with Crippen molar-refractivity contribution in [3.05, 3.63) is 35.6 Å². The van der Waals surface area contributed by atoms with Gasteiger partial charge >= 0.3 is 0 Å². The molecule has 1 saturated carbocycles. The van der Waals surface area contributed by atoms with Gasteiger partial charge in [-0.15, -0.1) is 0 Å². The van der Waals surface area contributed by atoms with Crippen molar-refractivity contribution < 1.29 is 14.3 Å². The van der Waals surface area contributed by atoms with Crippen molar-refractivity contribution in [2.75, 3.05) is 13.1 Å². The summed E-state index contributed by atoms with van der Waals surface area (Å²) in [7, 11) is 0. The Labute approximate surface area is 124 Å². The number of amides is 1. The van der Waals surface area contributed by atoms with E-state index in [1.165, 1.54) is 6.07 Å². The molecule has 0 bridgehead atoms. The molecule has 1 aliphatic carbocycles. The second kappa shape index (κ2) is 5.76. The number of aliphatic hydroxyl groups is 1. The molecule has 2 fully saturated rings. The first-order valence-corrected chi connectivity index (χ1v) is 7.79. The van der Waals surface area contributed by atoms with Crippen molar-refractivity contribution in [2.24, 2.45) is 11.8 Å². The van der Waals surface area contributed by atoms with E-state index in [-0.39, 0.29) is 29.7 Å². The largest absolute Gasteiger partial charge is 0.393 e. The molecule has 0 aromatic heterocycles. The van der Waals surface area contributed by atoms with Crippen LogP contribution in [0.3, 0.4) is 0 Å².